The molecule has 2 aromatic rings. The predicted octanol–water partition coefficient (Wildman–Crippen LogP) is 0.640. The quantitative estimate of drug-likeness (QED) is 0.672. The molecule has 26 heavy (non-hydrogen) atoms. The first-order chi connectivity index (χ1) is 12.4. The maximum absolute atomic E-state index is 11.9. The summed E-state index contributed by atoms with van der Waals surface area (Å²) in [6.45, 7) is 3.32. The van der Waals surface area contributed by atoms with Crippen molar-refractivity contribution in [3.8, 4) is 5.75 Å². The zero-order valence-corrected chi connectivity index (χ0v) is 15.6. The molecule has 1 amide bonds. The van der Waals surface area contributed by atoms with Gasteiger partial charge in [0.25, 0.3) is 5.91 Å². The highest BCUT2D eigenvalue weighted by Crippen LogP contribution is 2.28. The van der Waals surface area contributed by atoms with E-state index in [-0.39, 0.29) is 12.4 Å². The Morgan fingerprint density at radius 2 is 2.12 bits per heavy atom. The summed E-state index contributed by atoms with van der Waals surface area (Å²) in [6, 6.07) is 3.85. The lowest BCUT2D eigenvalue weighted by atomic mass is 10.0. The monoisotopic (exact) mass is 378 g/mol. The molecule has 2 rings (SSSR count). The number of benzene rings is 1. The molecular weight excluding hydrogens is 358 g/mol. The Morgan fingerprint density at radius 3 is 2.73 bits per heavy atom. The molecule has 1 aromatic heterocycles. The summed E-state index contributed by atoms with van der Waals surface area (Å²) >= 11 is 1.28. The van der Waals surface area contributed by atoms with Gasteiger partial charge in [-0.3, -0.25) is 4.79 Å². The number of carboxylic acid groups (broad SMARTS) is 1. The molecule has 0 spiro atoms. The van der Waals surface area contributed by atoms with Crippen molar-refractivity contribution in [1.29, 1.82) is 0 Å². The van der Waals surface area contributed by atoms with Gasteiger partial charge in [-0.2, -0.15) is 11.8 Å². The molecule has 140 valence electrons. The molecule has 8 heteroatoms. The largest absolute Gasteiger partial charge is 0.548 e. The van der Waals surface area contributed by atoms with E-state index in [9.17, 15) is 19.5 Å². The van der Waals surface area contributed by atoms with Crippen LogP contribution in [0.3, 0.4) is 0 Å². The number of ether oxygens (including phenoxy) is 1. The fourth-order valence-corrected chi connectivity index (χ4v) is 3.12. The summed E-state index contributed by atoms with van der Waals surface area (Å²) in [4.78, 5) is 34.6. The molecule has 1 aromatic carbocycles. The Kier molecular flexibility index (Phi) is 6.68. The van der Waals surface area contributed by atoms with E-state index >= 15 is 0 Å². The molecule has 1 N–H and O–H groups in total. The fourth-order valence-electron chi connectivity index (χ4n) is 2.57. The van der Waals surface area contributed by atoms with Crippen LogP contribution in [0.5, 0.6) is 5.75 Å². The van der Waals surface area contributed by atoms with E-state index in [4.69, 9.17) is 9.15 Å². The lowest BCUT2D eigenvalue weighted by Gasteiger charge is -2.19. The molecule has 0 aliphatic rings. The Hall–Kier alpha value is -2.48. The average Bonchev–Trinajstić information content (AvgIpc) is 2.60. The summed E-state index contributed by atoms with van der Waals surface area (Å²) in [5, 5.41) is 14.1. The Labute approximate surface area is 154 Å². The lowest BCUT2D eigenvalue weighted by molar-refractivity contribution is -0.307. The number of carboxylic acids is 1. The molecule has 0 saturated carbocycles. The number of thioether (sulfide) groups is 1. The number of fused-ring (bicyclic) bond motifs is 1. The van der Waals surface area contributed by atoms with Crippen LogP contribution in [0.2, 0.25) is 0 Å². The second-order valence-electron chi connectivity index (χ2n) is 5.69. The molecule has 0 aliphatic carbocycles. The highest BCUT2D eigenvalue weighted by atomic mass is 32.2. The topological polar surface area (TPSA) is 109 Å². The molecular formula is C18H20NO6S-. The van der Waals surface area contributed by atoms with Gasteiger partial charge in [-0.1, -0.05) is 6.92 Å². The fraction of sp³-hybridized carbons (Fsp3) is 0.389. The first-order valence-corrected chi connectivity index (χ1v) is 9.45. The number of hydrogen-bond acceptors (Lipinski definition) is 7. The minimum Gasteiger partial charge on any atom is -0.548 e. The van der Waals surface area contributed by atoms with Gasteiger partial charge < -0.3 is 24.4 Å². The van der Waals surface area contributed by atoms with Crippen molar-refractivity contribution in [2.24, 2.45) is 0 Å². The van der Waals surface area contributed by atoms with E-state index in [1.54, 1.807) is 25.3 Å². The third-order valence-electron chi connectivity index (χ3n) is 3.89. The molecule has 1 atom stereocenters. The number of aliphatic carboxylic acids is 1. The molecule has 0 saturated heterocycles. The third kappa shape index (κ3) is 4.57. The number of hydrogen-bond donors (Lipinski definition) is 1. The normalized spacial score (nSPS) is 12.0. The van der Waals surface area contributed by atoms with Crippen LogP contribution in [0.15, 0.2) is 27.4 Å². The van der Waals surface area contributed by atoms with Crippen molar-refractivity contribution in [1.82, 2.24) is 5.32 Å². The van der Waals surface area contributed by atoms with Crippen LogP contribution in [-0.4, -0.2) is 36.5 Å². The minimum absolute atomic E-state index is 0.202. The number of nitrogens with one attached hydrogen (secondary N) is 1. The van der Waals surface area contributed by atoms with Crippen LogP contribution in [0.1, 0.15) is 18.1 Å². The van der Waals surface area contributed by atoms with E-state index < -0.39 is 23.5 Å². The van der Waals surface area contributed by atoms with Crippen molar-refractivity contribution >= 4 is 34.6 Å². The van der Waals surface area contributed by atoms with E-state index in [1.165, 1.54) is 17.8 Å². The minimum atomic E-state index is -1.34. The van der Waals surface area contributed by atoms with E-state index in [0.29, 0.717) is 23.3 Å². The number of rotatable bonds is 8. The summed E-state index contributed by atoms with van der Waals surface area (Å²) in [6.07, 6.45) is 2.42. The van der Waals surface area contributed by atoms with E-state index in [2.05, 4.69) is 5.32 Å². The van der Waals surface area contributed by atoms with Crippen LogP contribution in [0, 0.1) is 6.92 Å². The average molecular weight is 378 g/mol. The smallest absolute Gasteiger partial charge is 0.336 e. The number of carbonyl (C=O) groups is 2. The van der Waals surface area contributed by atoms with Gasteiger partial charge in [0.05, 0.1) is 12.0 Å². The van der Waals surface area contributed by atoms with Gasteiger partial charge in [-0.05, 0) is 37.3 Å². The van der Waals surface area contributed by atoms with Crippen LogP contribution in [-0.2, 0) is 16.0 Å². The van der Waals surface area contributed by atoms with Gasteiger partial charge in [0, 0.05) is 22.8 Å². The molecule has 0 unspecified atom stereocenters. The van der Waals surface area contributed by atoms with Crippen molar-refractivity contribution in [3.63, 3.8) is 0 Å². The van der Waals surface area contributed by atoms with E-state index in [0.717, 1.165) is 10.9 Å². The highest BCUT2D eigenvalue weighted by molar-refractivity contribution is 7.98. The maximum Gasteiger partial charge on any atom is 0.336 e. The van der Waals surface area contributed by atoms with Crippen molar-refractivity contribution in [2.45, 2.75) is 26.3 Å². The summed E-state index contributed by atoms with van der Waals surface area (Å²) in [7, 11) is 0. The predicted molar refractivity (Wildman–Crippen MR) is 97.4 cm³/mol. The van der Waals surface area contributed by atoms with Crippen LogP contribution in [0.4, 0.5) is 0 Å². The van der Waals surface area contributed by atoms with Gasteiger partial charge >= 0.3 is 5.63 Å². The van der Waals surface area contributed by atoms with Crippen LogP contribution in [0.25, 0.3) is 11.0 Å². The SMILES string of the molecule is CCc1cc(=O)oc2c(C)c(OCC(=O)N[C@@H](CSC)C(=O)[O-])ccc12. The zero-order chi connectivity index (χ0) is 19.3. The van der Waals surface area contributed by atoms with Crippen LogP contribution >= 0.6 is 11.8 Å². The zero-order valence-electron chi connectivity index (χ0n) is 14.8. The molecule has 0 aliphatic heterocycles. The van der Waals surface area contributed by atoms with Crippen molar-refractivity contribution in [3.05, 3.63) is 39.7 Å². The van der Waals surface area contributed by atoms with Gasteiger partial charge in [-0.25, -0.2) is 4.79 Å². The summed E-state index contributed by atoms with van der Waals surface area (Å²) in [5.74, 6) is -1.33. The molecule has 7 nitrogen and oxygen atoms in total. The van der Waals surface area contributed by atoms with Gasteiger partial charge in [0.15, 0.2) is 6.61 Å². The third-order valence-corrected chi connectivity index (χ3v) is 4.56. The Bertz CT molecular complexity index is 876. The molecule has 1 heterocycles. The van der Waals surface area contributed by atoms with Gasteiger partial charge in [0.2, 0.25) is 0 Å². The molecule has 0 fully saturated rings. The lowest BCUT2D eigenvalue weighted by Crippen LogP contribution is -2.50. The second kappa shape index (κ2) is 8.75. The van der Waals surface area contributed by atoms with E-state index in [1.807, 2.05) is 6.92 Å². The first kappa shape index (κ1) is 19.8. The Morgan fingerprint density at radius 1 is 1.38 bits per heavy atom. The van der Waals surface area contributed by atoms with Crippen LogP contribution < -0.4 is 20.8 Å². The maximum atomic E-state index is 11.9. The summed E-state index contributed by atoms with van der Waals surface area (Å²) < 4.78 is 10.8. The van der Waals surface area contributed by atoms with Gasteiger partial charge in [0.1, 0.15) is 11.3 Å². The number of amides is 1. The van der Waals surface area contributed by atoms with Crippen molar-refractivity contribution in [2.75, 3.05) is 18.6 Å². The highest BCUT2D eigenvalue weighted by Gasteiger charge is 2.15. The first-order valence-electron chi connectivity index (χ1n) is 8.05. The Balaban J connectivity index is 2.16. The summed E-state index contributed by atoms with van der Waals surface area (Å²) in [5.41, 5.74) is 1.45. The number of carbonyl (C=O) groups excluding carboxylic acids is 2. The standard InChI is InChI=1S/C18H21NO6S/c1-4-11-7-16(21)25-17-10(2)14(6-5-12(11)17)24-8-15(20)19-13(9-26-3)18(22)23/h5-7,13H,4,8-9H2,1-3H3,(H,19,20)(H,22,23)/p-1/t13-/m0/s1. The second-order valence-corrected chi connectivity index (χ2v) is 6.60. The number of aryl methyl sites for hydroxylation is 2. The molecule has 0 bridgehead atoms. The molecule has 0 radical (unpaired) electrons. The van der Waals surface area contributed by atoms with Crippen molar-refractivity contribution < 1.29 is 23.8 Å². The van der Waals surface area contributed by atoms with Gasteiger partial charge in [-0.15, -0.1) is 0 Å².